The first kappa shape index (κ1) is 11.5. The minimum atomic E-state index is -0.394. The molecule has 4 heteroatoms. The van der Waals surface area contributed by atoms with Crippen LogP contribution in [0.25, 0.3) is 0 Å². The standard InChI is InChI=1S/C13H12F2N2/c1-9(11-4-2-3-5-12(11)15)17-13-7-6-10(14)8-16-13/h2-9H,1H3,(H,16,17). The van der Waals surface area contributed by atoms with Gasteiger partial charge < -0.3 is 5.32 Å². The predicted molar refractivity (Wildman–Crippen MR) is 62.6 cm³/mol. The summed E-state index contributed by atoms with van der Waals surface area (Å²) >= 11 is 0. The maximum absolute atomic E-state index is 13.5. The maximum atomic E-state index is 13.5. The third-order valence-electron chi connectivity index (χ3n) is 2.46. The number of rotatable bonds is 3. The number of nitrogens with zero attached hydrogens (tertiary/aromatic N) is 1. The molecule has 2 aromatic rings. The molecule has 1 atom stereocenters. The number of aromatic nitrogens is 1. The highest BCUT2D eigenvalue weighted by molar-refractivity contribution is 5.38. The summed E-state index contributed by atoms with van der Waals surface area (Å²) in [6.07, 6.45) is 1.12. The number of nitrogens with one attached hydrogen (secondary N) is 1. The number of halogens is 2. The van der Waals surface area contributed by atoms with Gasteiger partial charge >= 0.3 is 0 Å². The highest BCUT2D eigenvalue weighted by Gasteiger charge is 2.10. The highest BCUT2D eigenvalue weighted by Crippen LogP contribution is 2.20. The molecule has 0 aliphatic heterocycles. The van der Waals surface area contributed by atoms with E-state index in [-0.39, 0.29) is 11.9 Å². The monoisotopic (exact) mass is 234 g/mol. The molecule has 0 saturated heterocycles. The molecule has 0 radical (unpaired) electrons. The molecule has 0 bridgehead atoms. The molecule has 1 unspecified atom stereocenters. The van der Waals surface area contributed by atoms with Crippen LogP contribution in [0.4, 0.5) is 14.6 Å². The average molecular weight is 234 g/mol. The number of hydrogen-bond donors (Lipinski definition) is 1. The van der Waals surface area contributed by atoms with Crippen molar-refractivity contribution in [2.24, 2.45) is 0 Å². The first-order valence-electron chi connectivity index (χ1n) is 5.29. The van der Waals surface area contributed by atoms with E-state index in [0.29, 0.717) is 11.4 Å². The molecule has 2 nitrogen and oxygen atoms in total. The third kappa shape index (κ3) is 2.78. The van der Waals surface area contributed by atoms with Crippen molar-refractivity contribution in [2.45, 2.75) is 13.0 Å². The Morgan fingerprint density at radius 1 is 1.12 bits per heavy atom. The lowest BCUT2D eigenvalue weighted by atomic mass is 10.1. The lowest BCUT2D eigenvalue weighted by molar-refractivity contribution is 0.599. The summed E-state index contributed by atoms with van der Waals surface area (Å²) in [6, 6.07) is 9.13. The van der Waals surface area contributed by atoms with E-state index in [1.165, 1.54) is 18.2 Å². The van der Waals surface area contributed by atoms with E-state index in [1.807, 2.05) is 6.92 Å². The smallest absolute Gasteiger partial charge is 0.141 e. The zero-order chi connectivity index (χ0) is 12.3. The first-order valence-corrected chi connectivity index (χ1v) is 5.29. The Hall–Kier alpha value is -1.97. The van der Waals surface area contributed by atoms with Crippen LogP contribution in [-0.4, -0.2) is 4.98 Å². The average Bonchev–Trinajstić information content (AvgIpc) is 2.32. The van der Waals surface area contributed by atoms with Gasteiger partial charge in [0.15, 0.2) is 0 Å². The van der Waals surface area contributed by atoms with Crippen molar-refractivity contribution < 1.29 is 8.78 Å². The highest BCUT2D eigenvalue weighted by atomic mass is 19.1. The summed E-state index contributed by atoms with van der Waals surface area (Å²) in [4.78, 5) is 3.86. The van der Waals surface area contributed by atoms with E-state index in [9.17, 15) is 8.78 Å². The van der Waals surface area contributed by atoms with E-state index in [1.54, 1.807) is 18.2 Å². The molecule has 2 rings (SSSR count). The van der Waals surface area contributed by atoms with Gasteiger partial charge in [-0.2, -0.15) is 0 Å². The lowest BCUT2D eigenvalue weighted by Crippen LogP contribution is -2.09. The molecule has 1 heterocycles. The van der Waals surface area contributed by atoms with E-state index < -0.39 is 5.82 Å². The van der Waals surface area contributed by atoms with E-state index in [0.717, 1.165) is 6.20 Å². The number of pyridine rings is 1. The Morgan fingerprint density at radius 2 is 1.88 bits per heavy atom. The summed E-state index contributed by atoms with van der Waals surface area (Å²) in [5.41, 5.74) is 0.554. The molecule has 1 aromatic carbocycles. The zero-order valence-electron chi connectivity index (χ0n) is 9.32. The van der Waals surface area contributed by atoms with Crippen LogP contribution in [0.2, 0.25) is 0 Å². The van der Waals surface area contributed by atoms with E-state index in [2.05, 4.69) is 10.3 Å². The van der Waals surface area contributed by atoms with Crippen molar-refractivity contribution >= 4 is 5.82 Å². The van der Waals surface area contributed by atoms with Crippen LogP contribution < -0.4 is 5.32 Å². The van der Waals surface area contributed by atoms with E-state index >= 15 is 0 Å². The molecule has 17 heavy (non-hydrogen) atoms. The minimum Gasteiger partial charge on any atom is -0.363 e. The molecule has 0 spiro atoms. The Kier molecular flexibility index (Phi) is 3.32. The Bertz CT molecular complexity index is 497. The molecule has 0 aliphatic rings. The zero-order valence-corrected chi connectivity index (χ0v) is 9.32. The van der Waals surface area contributed by atoms with Crippen LogP contribution in [-0.2, 0) is 0 Å². The van der Waals surface area contributed by atoms with Gasteiger partial charge in [0.25, 0.3) is 0 Å². The van der Waals surface area contributed by atoms with Crippen molar-refractivity contribution in [1.82, 2.24) is 4.98 Å². The Morgan fingerprint density at radius 3 is 2.53 bits per heavy atom. The van der Waals surface area contributed by atoms with E-state index in [4.69, 9.17) is 0 Å². The van der Waals surface area contributed by atoms with Crippen molar-refractivity contribution in [2.75, 3.05) is 5.32 Å². The molecular formula is C13H12F2N2. The van der Waals surface area contributed by atoms with Crippen molar-refractivity contribution in [3.8, 4) is 0 Å². The van der Waals surface area contributed by atoms with Gasteiger partial charge in [-0.3, -0.25) is 0 Å². The topological polar surface area (TPSA) is 24.9 Å². The van der Waals surface area contributed by atoms with Gasteiger partial charge in [0.1, 0.15) is 17.5 Å². The van der Waals surface area contributed by atoms with Crippen molar-refractivity contribution in [3.63, 3.8) is 0 Å². The summed E-state index contributed by atoms with van der Waals surface area (Å²) in [5.74, 6) is -0.147. The van der Waals surface area contributed by atoms with Crippen LogP contribution in [0.5, 0.6) is 0 Å². The van der Waals surface area contributed by atoms with Gasteiger partial charge in [-0.05, 0) is 25.1 Å². The fraction of sp³-hybridized carbons (Fsp3) is 0.154. The number of hydrogen-bond acceptors (Lipinski definition) is 2. The number of anilines is 1. The lowest BCUT2D eigenvalue weighted by Gasteiger charge is -2.15. The van der Waals surface area contributed by atoms with Gasteiger partial charge in [0.05, 0.1) is 12.2 Å². The molecule has 0 saturated carbocycles. The van der Waals surface area contributed by atoms with Crippen LogP contribution in [0.15, 0.2) is 42.6 Å². The molecule has 1 aromatic heterocycles. The number of benzene rings is 1. The Labute approximate surface area is 98.3 Å². The Balaban J connectivity index is 2.14. The molecule has 0 aliphatic carbocycles. The normalized spacial score (nSPS) is 12.2. The largest absolute Gasteiger partial charge is 0.363 e. The molecule has 1 N–H and O–H groups in total. The van der Waals surface area contributed by atoms with Gasteiger partial charge in [-0.1, -0.05) is 18.2 Å². The first-order chi connectivity index (χ1) is 8.16. The molecule has 0 fully saturated rings. The fourth-order valence-corrected chi connectivity index (χ4v) is 1.59. The predicted octanol–water partition coefficient (Wildman–Crippen LogP) is 3.53. The fourth-order valence-electron chi connectivity index (χ4n) is 1.59. The van der Waals surface area contributed by atoms with Crippen LogP contribution in [0.3, 0.4) is 0 Å². The second kappa shape index (κ2) is 4.91. The minimum absolute atomic E-state index is 0.228. The molecule has 88 valence electrons. The van der Waals surface area contributed by atoms with Gasteiger partial charge in [0.2, 0.25) is 0 Å². The third-order valence-corrected chi connectivity index (χ3v) is 2.46. The molecule has 0 amide bonds. The summed E-state index contributed by atoms with van der Waals surface area (Å²) in [6.45, 7) is 1.82. The summed E-state index contributed by atoms with van der Waals surface area (Å²) in [5, 5.41) is 3.01. The van der Waals surface area contributed by atoms with Crippen LogP contribution in [0.1, 0.15) is 18.5 Å². The second-order valence-electron chi connectivity index (χ2n) is 3.75. The van der Waals surface area contributed by atoms with Gasteiger partial charge in [0, 0.05) is 5.56 Å². The maximum Gasteiger partial charge on any atom is 0.141 e. The second-order valence-corrected chi connectivity index (χ2v) is 3.75. The van der Waals surface area contributed by atoms with Crippen LogP contribution >= 0.6 is 0 Å². The van der Waals surface area contributed by atoms with Crippen molar-refractivity contribution in [3.05, 3.63) is 59.8 Å². The van der Waals surface area contributed by atoms with Gasteiger partial charge in [-0.25, -0.2) is 13.8 Å². The summed E-state index contributed by atoms with van der Waals surface area (Å²) < 4.78 is 26.1. The molecular weight excluding hydrogens is 222 g/mol. The van der Waals surface area contributed by atoms with Crippen molar-refractivity contribution in [1.29, 1.82) is 0 Å². The van der Waals surface area contributed by atoms with Crippen LogP contribution in [0, 0.1) is 11.6 Å². The SMILES string of the molecule is CC(Nc1ccc(F)cn1)c1ccccc1F. The van der Waals surface area contributed by atoms with Gasteiger partial charge in [-0.15, -0.1) is 0 Å². The quantitative estimate of drug-likeness (QED) is 0.878. The summed E-state index contributed by atoms with van der Waals surface area (Å²) in [7, 11) is 0.